The molecule has 0 bridgehead atoms. The van der Waals surface area contributed by atoms with Gasteiger partial charge in [-0.15, -0.1) is 0 Å². The number of halogens is 2. The number of nitrogens with one attached hydrogen (secondary N) is 1. The Morgan fingerprint density at radius 2 is 2.00 bits per heavy atom. The van der Waals surface area contributed by atoms with Crippen LogP contribution in [0.25, 0.3) is 0 Å². The number of carbonyl (C=O) groups is 1. The summed E-state index contributed by atoms with van der Waals surface area (Å²) in [5.41, 5.74) is 2.02. The molecule has 3 heterocycles. The number of pyridine rings is 2. The van der Waals surface area contributed by atoms with Crippen LogP contribution >= 0.6 is 0 Å². The lowest BCUT2D eigenvalue weighted by molar-refractivity contribution is 0.177. The van der Waals surface area contributed by atoms with E-state index in [1.54, 1.807) is 36.7 Å². The van der Waals surface area contributed by atoms with Crippen LogP contribution in [0.15, 0.2) is 73.5 Å². The molecule has 0 saturated carbocycles. The summed E-state index contributed by atoms with van der Waals surface area (Å²) in [5, 5.41) is 2.67. The molecule has 0 aliphatic carbocycles. The van der Waals surface area contributed by atoms with Crippen molar-refractivity contribution in [3.8, 4) is 11.8 Å². The first-order valence-corrected chi connectivity index (χ1v) is 9.61. The van der Waals surface area contributed by atoms with Crippen LogP contribution in [0.1, 0.15) is 43.5 Å². The maximum absolute atomic E-state index is 13.0. The molecule has 0 unspecified atom stereocenters. The Kier molecular flexibility index (Phi) is 11.6. The maximum atomic E-state index is 13.0. The minimum Gasteiger partial charge on any atom is -0.447 e. The lowest BCUT2D eigenvalue weighted by atomic mass is 10.1. The third-order valence-corrected chi connectivity index (χ3v) is 3.49. The van der Waals surface area contributed by atoms with Gasteiger partial charge in [0, 0.05) is 35.8 Å². The van der Waals surface area contributed by atoms with Crippen molar-refractivity contribution >= 4 is 6.09 Å². The summed E-state index contributed by atoms with van der Waals surface area (Å²) in [6.45, 7) is 9.09. The van der Waals surface area contributed by atoms with Crippen molar-refractivity contribution < 1.29 is 18.3 Å². The Morgan fingerprint density at radius 3 is 2.61 bits per heavy atom. The molecular formula is C24H25F2N3O2. The van der Waals surface area contributed by atoms with Gasteiger partial charge in [-0.3, -0.25) is 4.98 Å². The molecule has 2 aromatic heterocycles. The highest BCUT2D eigenvalue weighted by Crippen LogP contribution is 2.17. The van der Waals surface area contributed by atoms with E-state index < -0.39 is 12.0 Å². The first-order valence-electron chi connectivity index (χ1n) is 9.61. The number of carbonyl (C=O) groups excluding carboxylic acids is 1. The average Bonchev–Trinajstić information content (AvgIpc) is 3.21. The van der Waals surface area contributed by atoms with E-state index in [0.29, 0.717) is 11.1 Å². The normalized spacial score (nSPS) is 14.7. The van der Waals surface area contributed by atoms with Crippen molar-refractivity contribution in [3.63, 3.8) is 0 Å². The van der Waals surface area contributed by atoms with Crippen LogP contribution in [-0.4, -0.2) is 22.7 Å². The first-order chi connectivity index (χ1) is 15.0. The fourth-order valence-electron chi connectivity index (χ4n) is 2.17. The predicted octanol–water partition coefficient (Wildman–Crippen LogP) is 5.42. The van der Waals surface area contributed by atoms with E-state index in [-0.39, 0.29) is 18.5 Å². The SMILES string of the molecule is C=C/C=C\C=C(/C)F.CC.O=C1N[C@H](c2cncc(C#Cc3ccnc(F)c3)c2)CO1. The largest absolute Gasteiger partial charge is 0.447 e. The molecule has 1 atom stereocenters. The number of cyclic esters (lactones) is 1. The predicted molar refractivity (Wildman–Crippen MR) is 117 cm³/mol. The molecule has 0 aromatic carbocycles. The second-order valence-corrected chi connectivity index (χ2v) is 5.79. The minimum atomic E-state index is -0.570. The summed E-state index contributed by atoms with van der Waals surface area (Å²) in [7, 11) is 0. The summed E-state index contributed by atoms with van der Waals surface area (Å²) in [5.74, 6) is 4.98. The molecule has 3 rings (SSSR count). The molecule has 1 saturated heterocycles. The molecule has 2 aromatic rings. The van der Waals surface area contributed by atoms with Crippen LogP contribution in [-0.2, 0) is 4.74 Å². The molecule has 1 aliphatic heterocycles. The summed E-state index contributed by atoms with van der Waals surface area (Å²) >= 11 is 0. The molecule has 5 nitrogen and oxygen atoms in total. The molecule has 1 N–H and O–H groups in total. The van der Waals surface area contributed by atoms with Crippen LogP contribution < -0.4 is 5.32 Å². The van der Waals surface area contributed by atoms with Gasteiger partial charge in [0.1, 0.15) is 6.61 Å². The second kappa shape index (κ2) is 14.2. The topological polar surface area (TPSA) is 64.1 Å². The smallest absolute Gasteiger partial charge is 0.407 e. The van der Waals surface area contributed by atoms with Crippen molar-refractivity contribution in [2.45, 2.75) is 26.8 Å². The molecule has 162 valence electrons. The highest BCUT2D eigenvalue weighted by molar-refractivity contribution is 5.70. The molecule has 0 spiro atoms. The maximum Gasteiger partial charge on any atom is 0.407 e. The Labute approximate surface area is 181 Å². The number of nitrogens with zero attached hydrogens (tertiary/aromatic N) is 2. The number of hydrogen-bond donors (Lipinski definition) is 1. The zero-order valence-electron chi connectivity index (χ0n) is 17.7. The highest BCUT2D eigenvalue weighted by Gasteiger charge is 2.23. The van der Waals surface area contributed by atoms with E-state index in [1.165, 1.54) is 25.3 Å². The monoisotopic (exact) mass is 425 g/mol. The summed E-state index contributed by atoms with van der Waals surface area (Å²) in [6.07, 6.45) is 10.4. The first kappa shape index (κ1) is 25.2. The zero-order valence-corrected chi connectivity index (χ0v) is 17.7. The second-order valence-electron chi connectivity index (χ2n) is 5.79. The van der Waals surface area contributed by atoms with Crippen molar-refractivity contribution in [2.75, 3.05) is 6.61 Å². The van der Waals surface area contributed by atoms with Gasteiger partial charge in [0.15, 0.2) is 0 Å². The summed E-state index contributed by atoms with van der Waals surface area (Å²) < 4.78 is 29.6. The van der Waals surface area contributed by atoms with E-state index >= 15 is 0 Å². The van der Waals surface area contributed by atoms with Crippen LogP contribution in [0, 0.1) is 17.8 Å². The van der Waals surface area contributed by atoms with Gasteiger partial charge in [0.05, 0.1) is 11.9 Å². The van der Waals surface area contributed by atoms with E-state index in [4.69, 9.17) is 4.74 Å². The van der Waals surface area contributed by atoms with Crippen molar-refractivity contribution in [1.29, 1.82) is 0 Å². The molecule has 1 fully saturated rings. The third kappa shape index (κ3) is 9.99. The quantitative estimate of drug-likeness (QED) is 0.405. The number of ether oxygens (including phenoxy) is 1. The fraction of sp³-hybridized carbons (Fsp3) is 0.208. The Balaban J connectivity index is 0.000000409. The van der Waals surface area contributed by atoms with E-state index in [0.717, 1.165) is 5.56 Å². The number of hydrogen-bond acceptors (Lipinski definition) is 4. The molecule has 1 amide bonds. The fourth-order valence-corrected chi connectivity index (χ4v) is 2.17. The number of rotatable bonds is 3. The lowest BCUT2D eigenvalue weighted by Gasteiger charge is -2.06. The molecule has 1 aliphatic rings. The standard InChI is InChI=1S/C15H10FN3O2.C7H9F.C2H6/c16-14-6-10(3-4-18-14)1-2-11-5-12(8-17-7-11)13-9-21-15(20)19-13;1-3-4-5-6-7(2)8;1-2/h3-8,13H,9H2,(H,19,20);3-6H,1H2,2H3;1-2H3/b;5-4-,7-6+;/t13-;;/m0../s1. The lowest BCUT2D eigenvalue weighted by Crippen LogP contribution is -2.18. The number of amides is 1. The van der Waals surface area contributed by atoms with E-state index in [1.807, 2.05) is 19.9 Å². The van der Waals surface area contributed by atoms with Gasteiger partial charge in [-0.05, 0) is 30.7 Å². The Morgan fingerprint density at radius 1 is 1.26 bits per heavy atom. The average molecular weight is 425 g/mol. The van der Waals surface area contributed by atoms with E-state index in [2.05, 4.69) is 33.7 Å². The van der Waals surface area contributed by atoms with Crippen LogP contribution in [0.3, 0.4) is 0 Å². The number of alkyl carbamates (subject to hydrolysis) is 1. The van der Waals surface area contributed by atoms with Crippen molar-refractivity contribution in [3.05, 3.63) is 96.1 Å². The van der Waals surface area contributed by atoms with Crippen LogP contribution in [0.4, 0.5) is 13.6 Å². The highest BCUT2D eigenvalue weighted by atomic mass is 19.1. The number of allylic oxidation sites excluding steroid dienone is 5. The zero-order chi connectivity index (χ0) is 23.1. The van der Waals surface area contributed by atoms with Crippen LogP contribution in [0.5, 0.6) is 0 Å². The summed E-state index contributed by atoms with van der Waals surface area (Å²) in [4.78, 5) is 18.6. The number of aromatic nitrogens is 2. The Bertz CT molecular complexity index is 988. The van der Waals surface area contributed by atoms with Crippen molar-refractivity contribution in [1.82, 2.24) is 15.3 Å². The Hall–Kier alpha value is -3.79. The van der Waals surface area contributed by atoms with Gasteiger partial charge < -0.3 is 10.1 Å². The van der Waals surface area contributed by atoms with Crippen molar-refractivity contribution in [2.24, 2.45) is 0 Å². The van der Waals surface area contributed by atoms with Gasteiger partial charge in [-0.2, -0.15) is 4.39 Å². The summed E-state index contributed by atoms with van der Waals surface area (Å²) in [6, 6.07) is 4.48. The van der Waals surface area contributed by atoms with Gasteiger partial charge >= 0.3 is 6.09 Å². The van der Waals surface area contributed by atoms with Gasteiger partial charge in [0.25, 0.3) is 0 Å². The van der Waals surface area contributed by atoms with Gasteiger partial charge in [-0.1, -0.05) is 50.5 Å². The molecule has 31 heavy (non-hydrogen) atoms. The van der Waals surface area contributed by atoms with Gasteiger partial charge in [0.2, 0.25) is 5.95 Å². The molecular weight excluding hydrogens is 400 g/mol. The minimum absolute atomic E-state index is 0.192. The molecule has 7 heteroatoms. The third-order valence-electron chi connectivity index (χ3n) is 3.49. The van der Waals surface area contributed by atoms with Gasteiger partial charge in [-0.25, -0.2) is 14.2 Å². The molecule has 0 radical (unpaired) electrons. The van der Waals surface area contributed by atoms with E-state index in [9.17, 15) is 13.6 Å². The van der Waals surface area contributed by atoms with Crippen LogP contribution in [0.2, 0.25) is 0 Å².